The van der Waals surface area contributed by atoms with Crippen molar-refractivity contribution in [2.24, 2.45) is 11.8 Å². The van der Waals surface area contributed by atoms with Crippen LogP contribution in [-0.4, -0.2) is 57.7 Å². The van der Waals surface area contributed by atoms with Gasteiger partial charge in [-0.1, -0.05) is 41.9 Å². The molecule has 4 aromatic rings. The first-order valence-electron chi connectivity index (χ1n) is 17.4. The van der Waals surface area contributed by atoms with E-state index in [-0.39, 0.29) is 29.3 Å². The smallest absolute Gasteiger partial charge is 0.306 e. The number of carboxylic acid groups (broad SMARTS) is 1. The Morgan fingerprint density at radius 2 is 1.61 bits per heavy atom. The van der Waals surface area contributed by atoms with Crippen LogP contribution in [0.4, 0.5) is 5.69 Å². The minimum atomic E-state index is -4.05. The van der Waals surface area contributed by atoms with Crippen LogP contribution in [0.3, 0.4) is 0 Å². The van der Waals surface area contributed by atoms with Gasteiger partial charge in [-0.2, -0.15) is 4.31 Å². The highest BCUT2D eigenvalue weighted by Gasteiger charge is 2.44. The molecule has 268 valence electrons. The minimum Gasteiger partial charge on any atom is -0.497 e. The van der Waals surface area contributed by atoms with Crippen molar-refractivity contribution in [3.05, 3.63) is 112 Å². The maximum Gasteiger partial charge on any atom is 0.306 e. The van der Waals surface area contributed by atoms with Gasteiger partial charge < -0.3 is 24.2 Å². The first kappa shape index (κ1) is 35.2. The first-order chi connectivity index (χ1) is 24.6. The highest BCUT2D eigenvalue weighted by molar-refractivity contribution is 7.89. The topological polar surface area (TPSA) is 106 Å². The summed E-state index contributed by atoms with van der Waals surface area (Å²) in [5, 5.41) is 10.6. The Kier molecular flexibility index (Phi) is 9.93. The van der Waals surface area contributed by atoms with Crippen LogP contribution in [0, 0.1) is 11.8 Å². The second-order valence-electron chi connectivity index (χ2n) is 14.0. The highest BCUT2D eigenvalue weighted by Crippen LogP contribution is 2.46. The molecule has 1 heterocycles. The lowest BCUT2D eigenvalue weighted by atomic mass is 9.69. The zero-order valence-electron chi connectivity index (χ0n) is 28.9. The van der Waals surface area contributed by atoms with Crippen molar-refractivity contribution >= 4 is 33.3 Å². The average molecular weight is 731 g/mol. The number of hydrogen-bond donors (Lipinski definition) is 1. The summed E-state index contributed by atoms with van der Waals surface area (Å²) in [4.78, 5) is 14.5. The zero-order chi connectivity index (χ0) is 35.8. The predicted molar refractivity (Wildman–Crippen MR) is 196 cm³/mol. The van der Waals surface area contributed by atoms with E-state index in [0.29, 0.717) is 54.1 Å². The van der Waals surface area contributed by atoms with E-state index in [9.17, 15) is 18.3 Å². The molecule has 11 heteroatoms. The molecule has 1 fully saturated rings. The second kappa shape index (κ2) is 14.4. The maximum absolute atomic E-state index is 14.7. The van der Waals surface area contributed by atoms with Crippen LogP contribution < -0.4 is 19.1 Å². The van der Waals surface area contributed by atoms with E-state index in [1.165, 1.54) is 15.4 Å². The Morgan fingerprint density at radius 3 is 2.20 bits per heavy atom. The van der Waals surface area contributed by atoms with Crippen molar-refractivity contribution in [3.63, 3.8) is 0 Å². The number of benzene rings is 4. The molecule has 3 atom stereocenters. The molecule has 1 N–H and O–H groups in total. The van der Waals surface area contributed by atoms with Gasteiger partial charge in [0, 0.05) is 36.6 Å². The Morgan fingerprint density at radius 1 is 0.941 bits per heavy atom. The van der Waals surface area contributed by atoms with Gasteiger partial charge in [0.2, 0.25) is 10.0 Å². The number of halogens is 1. The minimum absolute atomic E-state index is 0.0549. The van der Waals surface area contributed by atoms with Gasteiger partial charge in [-0.25, -0.2) is 8.42 Å². The van der Waals surface area contributed by atoms with Gasteiger partial charge >= 0.3 is 5.97 Å². The van der Waals surface area contributed by atoms with Gasteiger partial charge in [-0.15, -0.1) is 0 Å². The quantitative estimate of drug-likeness (QED) is 0.171. The molecule has 1 saturated carbocycles. The molecule has 0 amide bonds. The van der Waals surface area contributed by atoms with Gasteiger partial charge in [0.25, 0.3) is 0 Å². The normalized spacial score (nSPS) is 21.2. The standard InChI is InChI=1S/C40H43ClN2O7S/c1-48-32-11-5-27(6-12-32)22-43(23-28-7-13-33(49-2)14-8-28)51(46,47)34-15-18-38-37(21-34)42(24-30-9-16-35(30)39(44)45)25-40(26-50-38)19-3-4-29-20-31(41)10-17-36(29)40/h5-8,10-15,17-18,20-21,30,35H,3-4,9,16,19,22-26H2,1-2H3,(H,44,45)/t30-,35+,40?/m0/s1. The van der Waals surface area contributed by atoms with Crippen molar-refractivity contribution in [1.82, 2.24) is 4.31 Å². The number of sulfonamides is 1. The summed E-state index contributed by atoms with van der Waals surface area (Å²) >= 11 is 6.42. The third-order valence-corrected chi connectivity index (χ3v) is 12.9. The van der Waals surface area contributed by atoms with Crippen molar-refractivity contribution in [2.45, 2.75) is 55.5 Å². The van der Waals surface area contributed by atoms with Crippen LogP contribution in [0.15, 0.2) is 89.8 Å². The Balaban J connectivity index is 1.27. The molecule has 9 nitrogen and oxygen atoms in total. The van der Waals surface area contributed by atoms with Gasteiger partial charge in [-0.05, 0) is 115 Å². The molecule has 0 aromatic heterocycles. The maximum atomic E-state index is 14.7. The molecule has 3 aliphatic rings. The van der Waals surface area contributed by atoms with Crippen molar-refractivity contribution in [2.75, 3.05) is 38.8 Å². The molecule has 51 heavy (non-hydrogen) atoms. The zero-order valence-corrected chi connectivity index (χ0v) is 30.5. The van der Waals surface area contributed by atoms with Crippen LogP contribution >= 0.6 is 11.6 Å². The van der Waals surface area contributed by atoms with Gasteiger partial charge in [0.15, 0.2) is 0 Å². The van der Waals surface area contributed by atoms with Gasteiger partial charge in [0.05, 0.1) is 37.3 Å². The number of hydrogen-bond acceptors (Lipinski definition) is 7. The highest BCUT2D eigenvalue weighted by atomic mass is 35.5. The molecular formula is C40H43ClN2O7S. The monoisotopic (exact) mass is 730 g/mol. The summed E-state index contributed by atoms with van der Waals surface area (Å²) < 4.78 is 48.2. The molecule has 4 aromatic carbocycles. The fourth-order valence-corrected chi connectivity index (χ4v) is 9.53. The molecule has 0 radical (unpaired) electrons. The SMILES string of the molecule is COc1ccc(CN(Cc2ccc(OC)cc2)S(=O)(=O)c2ccc3c(c2)N(C[C@@H]2CC[C@H]2C(=O)O)CC2(CCCc4cc(Cl)ccc42)CO3)cc1. The van der Waals surface area contributed by atoms with Crippen molar-refractivity contribution < 1.29 is 32.5 Å². The number of aryl methyl sites for hydroxylation is 1. The fraction of sp³-hybridized carbons (Fsp3) is 0.375. The number of anilines is 1. The molecule has 7 rings (SSSR count). The number of carbonyl (C=O) groups is 1. The Bertz CT molecular complexity index is 1950. The predicted octanol–water partition coefficient (Wildman–Crippen LogP) is 7.33. The summed E-state index contributed by atoms with van der Waals surface area (Å²) in [5.74, 6) is 0.700. The number of ether oxygens (including phenoxy) is 3. The lowest BCUT2D eigenvalue weighted by Gasteiger charge is -2.43. The molecule has 2 aliphatic carbocycles. The van der Waals surface area contributed by atoms with E-state index in [1.807, 2.05) is 60.7 Å². The van der Waals surface area contributed by atoms with E-state index in [0.717, 1.165) is 36.8 Å². The number of rotatable bonds is 11. The van der Waals surface area contributed by atoms with E-state index in [2.05, 4.69) is 11.0 Å². The molecular weight excluding hydrogens is 688 g/mol. The van der Waals surface area contributed by atoms with Crippen LogP contribution in [-0.2, 0) is 39.7 Å². The first-order valence-corrected chi connectivity index (χ1v) is 19.2. The van der Waals surface area contributed by atoms with Crippen molar-refractivity contribution in [1.29, 1.82) is 0 Å². The third kappa shape index (κ3) is 7.14. The number of methoxy groups -OCH3 is 2. The number of aliphatic carboxylic acids is 1. The molecule has 1 aliphatic heterocycles. The number of fused-ring (bicyclic) bond motifs is 3. The summed E-state index contributed by atoms with van der Waals surface area (Å²) in [5.41, 5.74) is 4.32. The van der Waals surface area contributed by atoms with Gasteiger partial charge in [-0.3, -0.25) is 4.79 Å². The third-order valence-electron chi connectivity index (χ3n) is 10.9. The average Bonchev–Trinajstić information content (AvgIpc) is 3.26. The van der Waals surface area contributed by atoms with Crippen LogP contribution in [0.5, 0.6) is 17.2 Å². The lowest BCUT2D eigenvalue weighted by molar-refractivity contribution is -0.147. The fourth-order valence-electron chi connectivity index (χ4n) is 7.89. The second-order valence-corrected chi connectivity index (χ2v) is 16.4. The van der Waals surface area contributed by atoms with Crippen LogP contribution in [0.2, 0.25) is 5.02 Å². The van der Waals surface area contributed by atoms with E-state index >= 15 is 0 Å². The molecule has 0 bridgehead atoms. The summed E-state index contributed by atoms with van der Waals surface area (Å²) in [7, 11) is -0.858. The number of carboxylic acids is 1. The van der Waals surface area contributed by atoms with Crippen LogP contribution in [0.1, 0.15) is 47.9 Å². The summed E-state index contributed by atoms with van der Waals surface area (Å²) in [6.45, 7) is 1.76. The Hall–Kier alpha value is -4.25. The molecule has 1 spiro atoms. The van der Waals surface area contributed by atoms with Gasteiger partial charge in [0.1, 0.15) is 17.2 Å². The summed E-state index contributed by atoms with van der Waals surface area (Å²) in [6, 6.07) is 25.9. The molecule has 0 saturated heterocycles. The largest absolute Gasteiger partial charge is 0.497 e. The van der Waals surface area contributed by atoms with E-state index in [4.69, 9.17) is 25.8 Å². The Labute approximate surface area is 304 Å². The lowest BCUT2D eigenvalue weighted by Crippen LogP contribution is -2.49. The molecule has 1 unspecified atom stereocenters. The van der Waals surface area contributed by atoms with Crippen molar-refractivity contribution in [3.8, 4) is 17.2 Å². The summed E-state index contributed by atoms with van der Waals surface area (Å²) in [6.07, 6.45) is 4.23. The van der Waals surface area contributed by atoms with E-state index < -0.39 is 21.9 Å². The van der Waals surface area contributed by atoms with Crippen LogP contribution in [0.25, 0.3) is 0 Å². The number of nitrogens with zero attached hydrogens (tertiary/aromatic N) is 2. The van der Waals surface area contributed by atoms with E-state index in [1.54, 1.807) is 32.4 Å².